The Morgan fingerprint density at radius 3 is 2.57 bits per heavy atom. The number of esters is 1. The monoisotopic (exact) mass is 286 g/mol. The van der Waals surface area contributed by atoms with Crippen molar-refractivity contribution in [3.8, 4) is 6.07 Å². The van der Waals surface area contributed by atoms with Gasteiger partial charge in [0, 0.05) is 12.6 Å². The van der Waals surface area contributed by atoms with E-state index in [-0.39, 0.29) is 12.5 Å². The maximum atomic E-state index is 11.4. The Balaban J connectivity index is 2.37. The second-order valence-corrected chi connectivity index (χ2v) is 4.87. The molecule has 1 aromatic rings. The predicted molar refractivity (Wildman–Crippen MR) is 79.0 cm³/mol. The van der Waals surface area contributed by atoms with E-state index < -0.39 is 5.97 Å². The van der Waals surface area contributed by atoms with Crippen LogP contribution in [0.15, 0.2) is 30.3 Å². The van der Waals surface area contributed by atoms with Crippen LogP contribution in [-0.4, -0.2) is 25.0 Å². The van der Waals surface area contributed by atoms with E-state index in [1.807, 2.05) is 19.9 Å². The van der Waals surface area contributed by atoms with Gasteiger partial charge in [0.1, 0.15) is 0 Å². The topological polar surface area (TPSA) is 79.2 Å². The smallest absolute Gasteiger partial charge is 0.331 e. The molecule has 0 aliphatic heterocycles. The number of amides is 1. The van der Waals surface area contributed by atoms with Crippen molar-refractivity contribution in [1.29, 1.82) is 5.26 Å². The minimum atomic E-state index is -0.584. The van der Waals surface area contributed by atoms with Crippen molar-refractivity contribution >= 4 is 18.0 Å². The van der Waals surface area contributed by atoms with Crippen LogP contribution in [0.2, 0.25) is 0 Å². The summed E-state index contributed by atoms with van der Waals surface area (Å²) in [7, 11) is 0. The van der Waals surface area contributed by atoms with Crippen molar-refractivity contribution in [3.63, 3.8) is 0 Å². The minimum absolute atomic E-state index is 0.288. The Labute approximate surface area is 124 Å². The number of nitrogens with zero attached hydrogens (tertiary/aromatic N) is 1. The van der Waals surface area contributed by atoms with E-state index in [4.69, 9.17) is 10.00 Å². The molecule has 0 atom stereocenters. The number of benzene rings is 1. The van der Waals surface area contributed by atoms with E-state index >= 15 is 0 Å². The van der Waals surface area contributed by atoms with Gasteiger partial charge in [-0.05, 0) is 29.7 Å². The van der Waals surface area contributed by atoms with Gasteiger partial charge in [0.2, 0.25) is 0 Å². The van der Waals surface area contributed by atoms with Crippen molar-refractivity contribution < 1.29 is 14.3 Å². The highest BCUT2D eigenvalue weighted by atomic mass is 16.5. The van der Waals surface area contributed by atoms with E-state index in [0.29, 0.717) is 18.0 Å². The summed E-state index contributed by atoms with van der Waals surface area (Å²) >= 11 is 0. The van der Waals surface area contributed by atoms with Crippen LogP contribution >= 0.6 is 0 Å². The predicted octanol–water partition coefficient (Wildman–Crippen LogP) is 1.89. The third kappa shape index (κ3) is 6.92. The average molecular weight is 286 g/mol. The Morgan fingerprint density at radius 1 is 1.33 bits per heavy atom. The maximum absolute atomic E-state index is 11.4. The van der Waals surface area contributed by atoms with Crippen molar-refractivity contribution in [2.75, 3.05) is 13.2 Å². The van der Waals surface area contributed by atoms with Gasteiger partial charge >= 0.3 is 5.97 Å². The first-order valence-electron chi connectivity index (χ1n) is 6.63. The van der Waals surface area contributed by atoms with Crippen LogP contribution in [0, 0.1) is 17.2 Å². The molecule has 110 valence electrons. The van der Waals surface area contributed by atoms with Gasteiger partial charge in [0.15, 0.2) is 6.61 Å². The summed E-state index contributed by atoms with van der Waals surface area (Å²) in [6.45, 7) is 4.22. The lowest BCUT2D eigenvalue weighted by Gasteiger charge is -2.07. The summed E-state index contributed by atoms with van der Waals surface area (Å²) in [6, 6.07) is 8.77. The fourth-order valence-corrected chi connectivity index (χ4v) is 1.39. The van der Waals surface area contributed by atoms with Crippen LogP contribution < -0.4 is 5.32 Å². The third-order valence-electron chi connectivity index (χ3n) is 2.50. The number of ether oxygens (including phenoxy) is 1. The lowest BCUT2D eigenvalue weighted by atomic mass is 10.1. The zero-order valence-corrected chi connectivity index (χ0v) is 12.1. The number of nitrogens with one attached hydrogen (secondary N) is 1. The van der Waals surface area contributed by atoms with Gasteiger partial charge in [0.25, 0.3) is 5.91 Å². The summed E-state index contributed by atoms with van der Waals surface area (Å²) < 4.78 is 4.81. The molecular formula is C16H18N2O3. The zero-order valence-electron chi connectivity index (χ0n) is 12.1. The Bertz CT molecular complexity index is 554. The van der Waals surface area contributed by atoms with Crippen molar-refractivity contribution in [2.45, 2.75) is 13.8 Å². The quantitative estimate of drug-likeness (QED) is 0.639. The summed E-state index contributed by atoms with van der Waals surface area (Å²) in [6.07, 6.45) is 2.81. The second kappa shape index (κ2) is 8.54. The van der Waals surface area contributed by atoms with Crippen molar-refractivity contribution in [3.05, 3.63) is 41.5 Å². The van der Waals surface area contributed by atoms with Gasteiger partial charge < -0.3 is 10.1 Å². The summed E-state index contributed by atoms with van der Waals surface area (Å²) in [5, 5.41) is 11.3. The summed E-state index contributed by atoms with van der Waals surface area (Å²) in [4.78, 5) is 22.8. The number of hydrogen-bond donors (Lipinski definition) is 1. The first kappa shape index (κ1) is 16.4. The van der Waals surface area contributed by atoms with Crippen molar-refractivity contribution in [2.24, 2.45) is 5.92 Å². The molecule has 0 radical (unpaired) electrons. The second-order valence-electron chi connectivity index (χ2n) is 4.87. The molecule has 1 aromatic carbocycles. The van der Waals surface area contributed by atoms with E-state index in [2.05, 4.69) is 5.32 Å². The third-order valence-corrected chi connectivity index (χ3v) is 2.50. The number of rotatable bonds is 6. The average Bonchev–Trinajstić information content (AvgIpc) is 2.49. The SMILES string of the molecule is CC(C)CNC(=O)COC(=O)/C=C/c1ccc(C#N)cc1. The molecule has 0 heterocycles. The lowest BCUT2D eigenvalue weighted by molar-refractivity contribution is -0.143. The molecule has 1 rings (SSSR count). The lowest BCUT2D eigenvalue weighted by Crippen LogP contribution is -2.31. The first-order valence-corrected chi connectivity index (χ1v) is 6.63. The van der Waals surface area contributed by atoms with Gasteiger partial charge in [0.05, 0.1) is 11.6 Å². The minimum Gasteiger partial charge on any atom is -0.452 e. The van der Waals surface area contributed by atoms with Crippen LogP contribution in [0.3, 0.4) is 0 Å². The van der Waals surface area contributed by atoms with Crippen LogP contribution in [0.5, 0.6) is 0 Å². The molecule has 5 nitrogen and oxygen atoms in total. The molecule has 1 amide bonds. The van der Waals surface area contributed by atoms with Crippen LogP contribution in [0.4, 0.5) is 0 Å². The molecule has 0 bridgehead atoms. The molecule has 0 saturated carbocycles. The van der Waals surface area contributed by atoms with Gasteiger partial charge in [-0.1, -0.05) is 26.0 Å². The molecule has 0 aliphatic rings. The normalized spacial score (nSPS) is 10.4. The van der Waals surface area contributed by atoms with Crippen molar-refractivity contribution in [1.82, 2.24) is 5.32 Å². The van der Waals surface area contributed by atoms with Gasteiger partial charge in [-0.25, -0.2) is 4.79 Å². The number of hydrogen-bond acceptors (Lipinski definition) is 4. The maximum Gasteiger partial charge on any atom is 0.331 e. The van der Waals surface area contributed by atoms with E-state index in [1.165, 1.54) is 6.08 Å². The Morgan fingerprint density at radius 2 is 2.00 bits per heavy atom. The molecular weight excluding hydrogens is 268 g/mol. The molecule has 21 heavy (non-hydrogen) atoms. The number of carbonyl (C=O) groups excluding carboxylic acids is 2. The fourth-order valence-electron chi connectivity index (χ4n) is 1.39. The highest BCUT2D eigenvalue weighted by Gasteiger charge is 2.05. The van der Waals surface area contributed by atoms with Gasteiger partial charge in [-0.2, -0.15) is 5.26 Å². The molecule has 0 aromatic heterocycles. The molecule has 0 spiro atoms. The Kier molecular flexibility index (Phi) is 6.69. The molecule has 0 unspecified atom stereocenters. The van der Waals surface area contributed by atoms with E-state index in [1.54, 1.807) is 30.3 Å². The zero-order chi connectivity index (χ0) is 15.7. The summed E-state index contributed by atoms with van der Waals surface area (Å²) in [5.41, 5.74) is 1.33. The van der Waals surface area contributed by atoms with Crippen LogP contribution in [-0.2, 0) is 14.3 Å². The highest BCUT2D eigenvalue weighted by molar-refractivity contribution is 5.89. The standard InChI is InChI=1S/C16H18N2O3/c1-12(2)10-18-15(19)11-21-16(20)8-7-13-3-5-14(9-17)6-4-13/h3-8,12H,10-11H2,1-2H3,(H,18,19)/b8-7+. The number of nitriles is 1. The molecule has 1 N–H and O–H groups in total. The molecule has 0 saturated heterocycles. The van der Waals surface area contributed by atoms with Crippen LogP contribution in [0.25, 0.3) is 6.08 Å². The van der Waals surface area contributed by atoms with Crippen LogP contribution in [0.1, 0.15) is 25.0 Å². The fraction of sp³-hybridized carbons (Fsp3) is 0.312. The number of carbonyl (C=O) groups is 2. The Hall–Kier alpha value is -2.61. The van der Waals surface area contributed by atoms with Gasteiger partial charge in [-0.15, -0.1) is 0 Å². The first-order chi connectivity index (χ1) is 10.0. The van der Waals surface area contributed by atoms with E-state index in [9.17, 15) is 9.59 Å². The van der Waals surface area contributed by atoms with Gasteiger partial charge in [-0.3, -0.25) is 4.79 Å². The highest BCUT2D eigenvalue weighted by Crippen LogP contribution is 2.05. The molecule has 0 aliphatic carbocycles. The summed E-state index contributed by atoms with van der Waals surface area (Å²) in [5.74, 6) is -0.552. The largest absolute Gasteiger partial charge is 0.452 e. The van der Waals surface area contributed by atoms with E-state index in [0.717, 1.165) is 5.56 Å². The molecule has 5 heteroatoms. The molecule has 0 fully saturated rings.